The van der Waals surface area contributed by atoms with E-state index in [-0.39, 0.29) is 5.75 Å². The van der Waals surface area contributed by atoms with Crippen LogP contribution in [0.25, 0.3) is 17.3 Å². The van der Waals surface area contributed by atoms with Crippen molar-refractivity contribution >= 4 is 40.4 Å². The van der Waals surface area contributed by atoms with Crippen molar-refractivity contribution in [2.24, 2.45) is 5.10 Å². The van der Waals surface area contributed by atoms with Gasteiger partial charge in [0, 0.05) is 22.2 Å². The highest BCUT2D eigenvalue weighted by Crippen LogP contribution is 2.25. The first-order valence-corrected chi connectivity index (χ1v) is 8.43. The minimum absolute atomic E-state index is 0.240. The van der Waals surface area contributed by atoms with Crippen molar-refractivity contribution < 1.29 is 5.11 Å². The van der Waals surface area contributed by atoms with Crippen LogP contribution >= 0.6 is 22.9 Å². The van der Waals surface area contributed by atoms with Crippen LogP contribution in [0.15, 0.2) is 65.1 Å². The lowest BCUT2D eigenvalue weighted by atomic mass is 10.2. The van der Waals surface area contributed by atoms with E-state index in [9.17, 15) is 5.11 Å². The zero-order chi connectivity index (χ0) is 16.8. The Bertz CT molecular complexity index is 872. The number of hydrogen-bond acceptors (Lipinski definition) is 5. The van der Waals surface area contributed by atoms with Crippen molar-refractivity contribution in [3.8, 4) is 17.0 Å². The molecular formula is C18H14ClN3OS. The van der Waals surface area contributed by atoms with Crippen molar-refractivity contribution in [2.75, 3.05) is 5.43 Å². The SMILES string of the molecule is Oc1cccc(C=CC=NNc2nc(-c3ccc(Cl)cc3)cs2)c1. The van der Waals surface area contributed by atoms with Crippen molar-refractivity contribution in [3.05, 3.63) is 70.6 Å². The lowest BCUT2D eigenvalue weighted by molar-refractivity contribution is 0.475. The molecule has 0 radical (unpaired) electrons. The molecule has 0 fully saturated rings. The number of aromatic nitrogens is 1. The summed E-state index contributed by atoms with van der Waals surface area (Å²) in [7, 11) is 0. The van der Waals surface area contributed by atoms with Gasteiger partial charge in [-0.25, -0.2) is 4.98 Å². The Kier molecular flexibility index (Phi) is 5.25. The van der Waals surface area contributed by atoms with Gasteiger partial charge in [-0.2, -0.15) is 5.10 Å². The summed E-state index contributed by atoms with van der Waals surface area (Å²) in [6.07, 6.45) is 5.27. The number of thiazole rings is 1. The molecule has 0 saturated carbocycles. The van der Waals surface area contributed by atoms with Crippen molar-refractivity contribution in [2.45, 2.75) is 0 Å². The second kappa shape index (κ2) is 7.77. The van der Waals surface area contributed by atoms with E-state index in [0.717, 1.165) is 16.8 Å². The fourth-order valence-corrected chi connectivity index (χ4v) is 2.79. The van der Waals surface area contributed by atoms with E-state index < -0.39 is 0 Å². The largest absolute Gasteiger partial charge is 0.508 e. The Morgan fingerprint density at radius 1 is 1.17 bits per heavy atom. The Hall–Kier alpha value is -2.63. The highest BCUT2D eigenvalue weighted by Gasteiger charge is 2.03. The van der Waals surface area contributed by atoms with Crippen LogP contribution in [0.5, 0.6) is 5.75 Å². The maximum absolute atomic E-state index is 9.38. The number of nitrogens with zero attached hydrogens (tertiary/aromatic N) is 2. The smallest absolute Gasteiger partial charge is 0.203 e. The third-order valence-corrected chi connectivity index (χ3v) is 4.12. The van der Waals surface area contributed by atoms with Crippen molar-refractivity contribution in [1.82, 2.24) is 4.98 Å². The summed E-state index contributed by atoms with van der Waals surface area (Å²) >= 11 is 7.36. The third kappa shape index (κ3) is 4.44. The number of allylic oxidation sites excluding steroid dienone is 1. The normalized spacial score (nSPS) is 11.4. The summed E-state index contributed by atoms with van der Waals surface area (Å²) < 4.78 is 0. The zero-order valence-corrected chi connectivity index (χ0v) is 14.1. The van der Waals surface area contributed by atoms with E-state index in [0.29, 0.717) is 10.2 Å². The molecule has 1 heterocycles. The molecule has 4 nitrogen and oxygen atoms in total. The maximum atomic E-state index is 9.38. The van der Waals surface area contributed by atoms with Gasteiger partial charge in [-0.3, -0.25) is 5.43 Å². The summed E-state index contributed by atoms with van der Waals surface area (Å²) in [5.41, 5.74) is 5.69. The van der Waals surface area contributed by atoms with Crippen LogP contribution in [0.3, 0.4) is 0 Å². The van der Waals surface area contributed by atoms with Crippen LogP contribution in [0.4, 0.5) is 5.13 Å². The molecule has 3 aromatic rings. The van der Waals surface area contributed by atoms with Gasteiger partial charge in [-0.15, -0.1) is 11.3 Å². The van der Waals surface area contributed by atoms with Crippen molar-refractivity contribution in [1.29, 1.82) is 0 Å². The van der Waals surface area contributed by atoms with Crippen molar-refractivity contribution in [3.63, 3.8) is 0 Å². The Morgan fingerprint density at radius 2 is 2.00 bits per heavy atom. The average Bonchev–Trinajstić information content (AvgIpc) is 3.04. The highest BCUT2D eigenvalue weighted by molar-refractivity contribution is 7.14. The molecule has 24 heavy (non-hydrogen) atoms. The van der Waals surface area contributed by atoms with Crippen LogP contribution in [0.2, 0.25) is 5.02 Å². The van der Waals surface area contributed by atoms with E-state index in [4.69, 9.17) is 11.6 Å². The molecule has 0 aliphatic rings. The number of rotatable bonds is 5. The maximum Gasteiger partial charge on any atom is 0.203 e. The van der Waals surface area contributed by atoms with Gasteiger partial charge in [-0.05, 0) is 35.9 Å². The first-order chi connectivity index (χ1) is 11.7. The number of anilines is 1. The van der Waals surface area contributed by atoms with E-state index in [2.05, 4.69) is 15.5 Å². The topological polar surface area (TPSA) is 57.5 Å². The molecule has 3 rings (SSSR count). The first kappa shape index (κ1) is 16.2. The van der Waals surface area contributed by atoms with Gasteiger partial charge in [0.05, 0.1) is 5.69 Å². The highest BCUT2D eigenvalue weighted by atomic mass is 35.5. The summed E-state index contributed by atoms with van der Waals surface area (Å²) in [6, 6.07) is 14.5. The first-order valence-electron chi connectivity index (χ1n) is 7.17. The molecule has 0 amide bonds. The predicted octanol–water partition coefficient (Wildman–Crippen LogP) is 5.28. The fourth-order valence-electron chi connectivity index (χ4n) is 2.00. The minimum atomic E-state index is 0.240. The van der Waals surface area contributed by atoms with Gasteiger partial charge in [-0.1, -0.05) is 41.9 Å². The summed E-state index contributed by atoms with van der Waals surface area (Å²) in [6.45, 7) is 0. The lowest BCUT2D eigenvalue weighted by Gasteiger charge is -1.96. The standard InChI is InChI=1S/C18H14ClN3OS/c19-15-8-6-14(7-9-15)17-12-24-18(21-17)22-20-10-2-4-13-3-1-5-16(23)11-13/h1-12,23H,(H,21,22). The van der Waals surface area contributed by atoms with E-state index in [1.165, 1.54) is 11.3 Å². The molecule has 0 spiro atoms. The fraction of sp³-hybridized carbons (Fsp3) is 0. The van der Waals surface area contributed by atoms with Crippen LogP contribution in [-0.2, 0) is 0 Å². The average molecular weight is 356 g/mol. The molecule has 0 saturated heterocycles. The molecular weight excluding hydrogens is 342 g/mol. The second-order valence-electron chi connectivity index (χ2n) is 4.89. The number of hydrazone groups is 1. The van der Waals surface area contributed by atoms with Crippen LogP contribution in [0.1, 0.15) is 5.56 Å². The number of phenols is 1. The number of halogens is 1. The number of phenolic OH excluding ortho intramolecular Hbond substituents is 1. The summed E-state index contributed by atoms with van der Waals surface area (Å²) in [5.74, 6) is 0.240. The van der Waals surface area contributed by atoms with Gasteiger partial charge < -0.3 is 5.11 Å². The van der Waals surface area contributed by atoms with E-state index >= 15 is 0 Å². The lowest BCUT2D eigenvalue weighted by Crippen LogP contribution is -1.87. The molecule has 0 bridgehead atoms. The Balaban J connectivity index is 1.58. The van der Waals surface area contributed by atoms with Gasteiger partial charge >= 0.3 is 0 Å². The summed E-state index contributed by atoms with van der Waals surface area (Å²) in [4.78, 5) is 4.47. The van der Waals surface area contributed by atoms with Gasteiger partial charge in [0.1, 0.15) is 5.75 Å². The molecule has 6 heteroatoms. The third-order valence-electron chi connectivity index (χ3n) is 3.12. The Labute approximate surface area is 148 Å². The number of aromatic hydroxyl groups is 1. The van der Waals surface area contributed by atoms with Crippen LogP contribution < -0.4 is 5.43 Å². The van der Waals surface area contributed by atoms with E-state index in [1.807, 2.05) is 41.8 Å². The summed E-state index contributed by atoms with van der Waals surface area (Å²) in [5, 5.41) is 16.9. The van der Waals surface area contributed by atoms with E-state index in [1.54, 1.807) is 30.5 Å². The minimum Gasteiger partial charge on any atom is -0.508 e. The van der Waals surface area contributed by atoms with Gasteiger partial charge in [0.2, 0.25) is 5.13 Å². The quantitative estimate of drug-likeness (QED) is 0.483. The van der Waals surface area contributed by atoms with Gasteiger partial charge in [0.25, 0.3) is 0 Å². The number of hydrogen-bond donors (Lipinski definition) is 2. The molecule has 1 aromatic heterocycles. The molecule has 120 valence electrons. The predicted molar refractivity (Wildman–Crippen MR) is 102 cm³/mol. The van der Waals surface area contributed by atoms with Crippen LogP contribution in [0, 0.1) is 0 Å². The molecule has 0 unspecified atom stereocenters. The molecule has 2 aromatic carbocycles. The molecule has 0 aliphatic heterocycles. The zero-order valence-electron chi connectivity index (χ0n) is 12.6. The molecule has 2 N–H and O–H groups in total. The number of nitrogens with one attached hydrogen (secondary N) is 1. The monoisotopic (exact) mass is 355 g/mol. The van der Waals surface area contributed by atoms with Crippen LogP contribution in [-0.4, -0.2) is 16.3 Å². The molecule has 0 aliphatic carbocycles. The second-order valence-corrected chi connectivity index (χ2v) is 6.18. The Morgan fingerprint density at radius 3 is 2.79 bits per heavy atom. The molecule has 0 atom stereocenters. The van der Waals surface area contributed by atoms with Gasteiger partial charge in [0.15, 0.2) is 0 Å². The number of benzene rings is 2.